The molecule has 0 atom stereocenters. The number of carbonyl (C=O) groups excluding carboxylic acids is 2. The van der Waals surface area contributed by atoms with Crippen molar-refractivity contribution >= 4 is 17.5 Å². The van der Waals surface area contributed by atoms with Crippen molar-refractivity contribution in [1.29, 1.82) is 0 Å². The van der Waals surface area contributed by atoms with Gasteiger partial charge < -0.3 is 15.0 Å². The van der Waals surface area contributed by atoms with Crippen LogP contribution in [0.2, 0.25) is 0 Å². The molecule has 2 rings (SSSR count). The number of nitrogens with zero attached hydrogens (tertiary/aromatic N) is 1. The van der Waals surface area contributed by atoms with Crippen molar-refractivity contribution in [2.45, 2.75) is 19.8 Å². The van der Waals surface area contributed by atoms with E-state index < -0.39 is 0 Å². The van der Waals surface area contributed by atoms with Crippen molar-refractivity contribution in [2.24, 2.45) is 0 Å². The third-order valence-electron chi connectivity index (χ3n) is 3.69. The smallest absolute Gasteiger partial charge is 0.262 e. The van der Waals surface area contributed by atoms with E-state index in [0.717, 1.165) is 5.56 Å². The molecule has 0 spiro atoms. The Morgan fingerprint density at radius 1 is 1.08 bits per heavy atom. The number of benzene rings is 2. The molecule has 2 aromatic carbocycles. The van der Waals surface area contributed by atoms with Crippen LogP contribution in [0.4, 0.5) is 5.69 Å². The summed E-state index contributed by atoms with van der Waals surface area (Å²) in [6.45, 7) is 4.12. The summed E-state index contributed by atoms with van der Waals surface area (Å²) in [4.78, 5) is 25.5. The van der Waals surface area contributed by atoms with Crippen LogP contribution in [0.5, 0.6) is 5.75 Å². The zero-order valence-electron chi connectivity index (χ0n) is 15.1. The highest BCUT2D eigenvalue weighted by Crippen LogP contribution is 2.20. The average molecular weight is 340 g/mol. The SMILES string of the molecule is CC(C)c1cccc(OCC(=O)Nc2cccc(C(=O)N(C)C)c2)c1. The van der Waals surface area contributed by atoms with Crippen LogP contribution in [0, 0.1) is 0 Å². The highest BCUT2D eigenvalue weighted by atomic mass is 16.5. The number of carbonyl (C=O) groups is 2. The van der Waals surface area contributed by atoms with E-state index in [1.165, 1.54) is 4.90 Å². The highest BCUT2D eigenvalue weighted by molar-refractivity contribution is 5.97. The van der Waals surface area contributed by atoms with Gasteiger partial charge in [-0.2, -0.15) is 0 Å². The van der Waals surface area contributed by atoms with E-state index in [0.29, 0.717) is 22.9 Å². The average Bonchev–Trinajstić information content (AvgIpc) is 2.59. The van der Waals surface area contributed by atoms with E-state index in [-0.39, 0.29) is 18.4 Å². The summed E-state index contributed by atoms with van der Waals surface area (Å²) >= 11 is 0. The number of rotatable bonds is 6. The molecule has 1 N–H and O–H groups in total. The Labute approximate surface area is 148 Å². The van der Waals surface area contributed by atoms with Gasteiger partial charge in [0.15, 0.2) is 6.61 Å². The lowest BCUT2D eigenvalue weighted by molar-refractivity contribution is -0.118. The van der Waals surface area contributed by atoms with Gasteiger partial charge in [-0.05, 0) is 41.8 Å². The molecule has 0 aliphatic heterocycles. The van der Waals surface area contributed by atoms with Gasteiger partial charge in [0.25, 0.3) is 11.8 Å². The molecule has 5 heteroatoms. The fourth-order valence-corrected chi connectivity index (χ4v) is 2.30. The molecule has 132 valence electrons. The van der Waals surface area contributed by atoms with Gasteiger partial charge in [-0.1, -0.05) is 32.0 Å². The summed E-state index contributed by atoms with van der Waals surface area (Å²) in [7, 11) is 3.37. The molecule has 0 heterocycles. The van der Waals surface area contributed by atoms with Crippen molar-refractivity contribution in [3.05, 3.63) is 59.7 Å². The number of ether oxygens (including phenoxy) is 1. The molecule has 0 aliphatic carbocycles. The summed E-state index contributed by atoms with van der Waals surface area (Å²) in [5, 5.41) is 2.75. The van der Waals surface area contributed by atoms with Gasteiger partial charge >= 0.3 is 0 Å². The van der Waals surface area contributed by atoms with E-state index in [1.807, 2.05) is 24.3 Å². The molecule has 0 saturated heterocycles. The Morgan fingerprint density at radius 3 is 2.48 bits per heavy atom. The maximum atomic E-state index is 12.1. The van der Waals surface area contributed by atoms with E-state index in [4.69, 9.17) is 4.74 Å². The number of hydrogen-bond acceptors (Lipinski definition) is 3. The summed E-state index contributed by atoms with van der Waals surface area (Å²) in [6.07, 6.45) is 0. The maximum absolute atomic E-state index is 12.1. The largest absolute Gasteiger partial charge is 0.484 e. The summed E-state index contributed by atoms with van der Waals surface area (Å²) in [5.41, 5.74) is 2.25. The van der Waals surface area contributed by atoms with E-state index in [2.05, 4.69) is 19.2 Å². The van der Waals surface area contributed by atoms with E-state index >= 15 is 0 Å². The molecule has 0 unspecified atom stereocenters. The molecule has 0 aromatic heterocycles. The van der Waals surface area contributed by atoms with Gasteiger partial charge in [-0.15, -0.1) is 0 Å². The minimum atomic E-state index is -0.274. The first kappa shape index (κ1) is 18.5. The molecule has 0 fully saturated rings. The van der Waals surface area contributed by atoms with Gasteiger partial charge in [0.1, 0.15) is 5.75 Å². The Morgan fingerprint density at radius 2 is 1.80 bits per heavy atom. The first-order chi connectivity index (χ1) is 11.9. The first-order valence-electron chi connectivity index (χ1n) is 8.21. The monoisotopic (exact) mass is 340 g/mol. The molecule has 0 saturated carbocycles. The van der Waals surface area contributed by atoms with Gasteiger partial charge in [0.05, 0.1) is 0 Å². The van der Waals surface area contributed by atoms with E-state index in [9.17, 15) is 9.59 Å². The molecular weight excluding hydrogens is 316 g/mol. The van der Waals surface area contributed by atoms with Crippen LogP contribution in [0.3, 0.4) is 0 Å². The summed E-state index contributed by atoms with van der Waals surface area (Å²) in [5.74, 6) is 0.675. The third kappa shape index (κ3) is 5.35. The molecule has 2 aromatic rings. The predicted octanol–water partition coefficient (Wildman–Crippen LogP) is 3.53. The second-order valence-corrected chi connectivity index (χ2v) is 6.34. The zero-order chi connectivity index (χ0) is 18.4. The van der Waals surface area contributed by atoms with Gasteiger partial charge in [-0.25, -0.2) is 0 Å². The Balaban J connectivity index is 1.95. The van der Waals surface area contributed by atoms with Crippen LogP contribution in [0.1, 0.15) is 35.7 Å². The van der Waals surface area contributed by atoms with Crippen molar-refractivity contribution in [1.82, 2.24) is 4.90 Å². The lowest BCUT2D eigenvalue weighted by Crippen LogP contribution is -2.23. The molecular formula is C20H24N2O3. The Bertz CT molecular complexity index is 754. The van der Waals surface area contributed by atoms with Gasteiger partial charge in [-0.3, -0.25) is 9.59 Å². The lowest BCUT2D eigenvalue weighted by Gasteiger charge is -2.12. The predicted molar refractivity (Wildman–Crippen MR) is 99.1 cm³/mol. The quantitative estimate of drug-likeness (QED) is 0.875. The van der Waals surface area contributed by atoms with Crippen LogP contribution in [0.25, 0.3) is 0 Å². The van der Waals surface area contributed by atoms with Crippen LogP contribution < -0.4 is 10.1 Å². The van der Waals surface area contributed by atoms with Crippen molar-refractivity contribution in [3.8, 4) is 5.75 Å². The second-order valence-electron chi connectivity index (χ2n) is 6.34. The lowest BCUT2D eigenvalue weighted by atomic mass is 10.0. The molecule has 0 bridgehead atoms. The van der Waals surface area contributed by atoms with E-state index in [1.54, 1.807) is 38.4 Å². The van der Waals surface area contributed by atoms with Crippen LogP contribution in [-0.4, -0.2) is 37.4 Å². The number of amides is 2. The molecule has 0 aliphatic rings. The first-order valence-corrected chi connectivity index (χ1v) is 8.21. The van der Waals surface area contributed by atoms with Crippen molar-refractivity contribution in [3.63, 3.8) is 0 Å². The van der Waals surface area contributed by atoms with Crippen molar-refractivity contribution < 1.29 is 14.3 Å². The Kier molecular flexibility index (Phi) is 6.17. The normalized spacial score (nSPS) is 10.4. The van der Waals surface area contributed by atoms with Crippen LogP contribution >= 0.6 is 0 Å². The minimum absolute atomic E-state index is 0.0899. The number of nitrogens with one attached hydrogen (secondary N) is 1. The highest BCUT2D eigenvalue weighted by Gasteiger charge is 2.10. The fraction of sp³-hybridized carbons (Fsp3) is 0.300. The molecule has 2 amide bonds. The Hall–Kier alpha value is -2.82. The van der Waals surface area contributed by atoms with Crippen LogP contribution in [-0.2, 0) is 4.79 Å². The summed E-state index contributed by atoms with van der Waals surface area (Å²) < 4.78 is 5.56. The third-order valence-corrected chi connectivity index (χ3v) is 3.69. The topological polar surface area (TPSA) is 58.6 Å². The van der Waals surface area contributed by atoms with Crippen LogP contribution in [0.15, 0.2) is 48.5 Å². The standard InChI is InChI=1S/C20H24N2O3/c1-14(2)15-7-6-10-18(12-15)25-13-19(23)21-17-9-5-8-16(11-17)20(24)22(3)4/h5-12,14H,13H2,1-4H3,(H,21,23). The number of hydrogen-bond donors (Lipinski definition) is 1. The summed E-state index contributed by atoms with van der Waals surface area (Å²) in [6, 6.07) is 14.6. The maximum Gasteiger partial charge on any atom is 0.262 e. The van der Waals surface area contributed by atoms with Crippen molar-refractivity contribution in [2.75, 3.05) is 26.0 Å². The minimum Gasteiger partial charge on any atom is -0.484 e. The molecule has 25 heavy (non-hydrogen) atoms. The fourth-order valence-electron chi connectivity index (χ4n) is 2.30. The second kappa shape index (κ2) is 8.33. The molecule has 5 nitrogen and oxygen atoms in total. The molecule has 0 radical (unpaired) electrons. The number of anilines is 1. The zero-order valence-corrected chi connectivity index (χ0v) is 15.1. The van der Waals surface area contributed by atoms with Gasteiger partial charge in [0.2, 0.25) is 0 Å². The van der Waals surface area contributed by atoms with Gasteiger partial charge in [0, 0.05) is 25.3 Å².